The Balaban J connectivity index is 1.47. The van der Waals surface area contributed by atoms with Crippen molar-refractivity contribution in [3.8, 4) is 0 Å². The van der Waals surface area contributed by atoms with Gasteiger partial charge >= 0.3 is 0 Å². The summed E-state index contributed by atoms with van der Waals surface area (Å²) >= 11 is 0. The minimum atomic E-state index is -0.198. The SMILES string of the molecule is Fc1cccc(Cc2ccc(C3CCCCN3Cc3ccccn3)cn2)c1. The highest BCUT2D eigenvalue weighted by molar-refractivity contribution is 5.25. The summed E-state index contributed by atoms with van der Waals surface area (Å²) < 4.78 is 13.4. The maximum atomic E-state index is 13.4. The number of pyridine rings is 2. The minimum Gasteiger partial charge on any atom is -0.290 e. The molecule has 1 atom stereocenters. The van der Waals surface area contributed by atoms with Gasteiger partial charge in [-0.3, -0.25) is 14.9 Å². The van der Waals surface area contributed by atoms with Gasteiger partial charge in [-0.1, -0.05) is 30.7 Å². The smallest absolute Gasteiger partial charge is 0.123 e. The van der Waals surface area contributed by atoms with Gasteiger partial charge in [-0.25, -0.2) is 4.39 Å². The maximum Gasteiger partial charge on any atom is 0.123 e. The predicted octanol–water partition coefficient (Wildman–Crippen LogP) is 4.93. The van der Waals surface area contributed by atoms with Gasteiger partial charge in [-0.2, -0.15) is 0 Å². The summed E-state index contributed by atoms with van der Waals surface area (Å²) in [4.78, 5) is 11.6. The largest absolute Gasteiger partial charge is 0.290 e. The second kappa shape index (κ2) is 8.40. The van der Waals surface area contributed by atoms with Crippen LogP contribution in [-0.4, -0.2) is 21.4 Å². The molecule has 0 saturated carbocycles. The van der Waals surface area contributed by atoms with Crippen LogP contribution in [0.2, 0.25) is 0 Å². The molecule has 1 aliphatic rings. The van der Waals surface area contributed by atoms with E-state index in [-0.39, 0.29) is 5.82 Å². The molecule has 0 amide bonds. The van der Waals surface area contributed by atoms with Crippen LogP contribution in [0.5, 0.6) is 0 Å². The highest BCUT2D eigenvalue weighted by atomic mass is 19.1. The molecule has 0 aliphatic carbocycles. The fourth-order valence-electron chi connectivity index (χ4n) is 3.85. The Bertz CT molecular complexity index is 864. The minimum absolute atomic E-state index is 0.198. The highest BCUT2D eigenvalue weighted by Gasteiger charge is 2.24. The average Bonchev–Trinajstić information content (AvgIpc) is 2.70. The van der Waals surface area contributed by atoms with Crippen molar-refractivity contribution in [1.82, 2.24) is 14.9 Å². The number of benzene rings is 1. The number of rotatable bonds is 5. The standard InChI is InChI=1S/C23H24FN3/c24-20-7-5-6-18(14-20)15-21-11-10-19(16-26-21)23-9-2-4-13-27(23)17-22-8-1-3-12-25-22/h1,3,5-8,10-12,14,16,23H,2,4,9,13,15,17H2. The van der Waals surface area contributed by atoms with Crippen LogP contribution in [0.15, 0.2) is 67.0 Å². The fourth-order valence-corrected chi connectivity index (χ4v) is 3.85. The first-order valence-electron chi connectivity index (χ1n) is 9.61. The van der Waals surface area contributed by atoms with Crippen LogP contribution >= 0.6 is 0 Å². The lowest BCUT2D eigenvalue weighted by Crippen LogP contribution is -2.33. The normalized spacial score (nSPS) is 17.7. The molecule has 0 spiro atoms. The van der Waals surface area contributed by atoms with Gasteiger partial charge in [0.05, 0.1) is 5.69 Å². The van der Waals surface area contributed by atoms with E-state index in [1.807, 2.05) is 30.6 Å². The molecule has 3 aromatic rings. The Morgan fingerprint density at radius 2 is 1.93 bits per heavy atom. The molecule has 0 N–H and O–H groups in total. The molecule has 1 unspecified atom stereocenters. The highest BCUT2D eigenvalue weighted by Crippen LogP contribution is 2.31. The first-order valence-corrected chi connectivity index (χ1v) is 9.61. The van der Waals surface area contributed by atoms with E-state index in [4.69, 9.17) is 0 Å². The first-order chi connectivity index (χ1) is 13.3. The third-order valence-electron chi connectivity index (χ3n) is 5.21. The van der Waals surface area contributed by atoms with Crippen LogP contribution in [-0.2, 0) is 13.0 Å². The Labute approximate surface area is 159 Å². The molecular weight excluding hydrogens is 337 g/mol. The quantitative estimate of drug-likeness (QED) is 0.645. The molecule has 1 aromatic carbocycles. The van der Waals surface area contributed by atoms with Crippen LogP contribution in [0.3, 0.4) is 0 Å². The molecule has 0 radical (unpaired) electrons. The topological polar surface area (TPSA) is 29.0 Å². The van der Waals surface area contributed by atoms with Crippen LogP contribution in [0.1, 0.15) is 47.8 Å². The third kappa shape index (κ3) is 4.58. The summed E-state index contributed by atoms with van der Waals surface area (Å²) in [6.45, 7) is 1.96. The van der Waals surface area contributed by atoms with Crippen LogP contribution < -0.4 is 0 Å². The fraction of sp³-hybridized carbons (Fsp3) is 0.304. The van der Waals surface area contributed by atoms with Gasteiger partial charge in [0.15, 0.2) is 0 Å². The molecule has 1 saturated heterocycles. The lowest BCUT2D eigenvalue weighted by atomic mass is 9.95. The zero-order chi connectivity index (χ0) is 18.5. The number of hydrogen-bond donors (Lipinski definition) is 0. The summed E-state index contributed by atoms with van der Waals surface area (Å²) in [5.74, 6) is -0.198. The molecule has 27 heavy (non-hydrogen) atoms. The van der Waals surface area contributed by atoms with Crippen LogP contribution in [0.4, 0.5) is 4.39 Å². The van der Waals surface area contributed by atoms with Gasteiger partial charge in [-0.05, 0) is 60.8 Å². The Kier molecular flexibility index (Phi) is 5.54. The van der Waals surface area contributed by atoms with Crippen molar-refractivity contribution in [2.75, 3.05) is 6.54 Å². The lowest BCUT2D eigenvalue weighted by Gasteiger charge is -2.35. The van der Waals surface area contributed by atoms with E-state index in [1.165, 1.54) is 24.5 Å². The Hall–Kier alpha value is -2.59. The van der Waals surface area contributed by atoms with Gasteiger partial charge in [-0.15, -0.1) is 0 Å². The van der Waals surface area contributed by atoms with Gasteiger partial charge < -0.3 is 0 Å². The van der Waals surface area contributed by atoms with Crippen molar-refractivity contribution >= 4 is 0 Å². The molecule has 4 heteroatoms. The van der Waals surface area contributed by atoms with E-state index in [1.54, 1.807) is 12.1 Å². The van der Waals surface area contributed by atoms with E-state index in [0.717, 1.165) is 36.5 Å². The number of halogens is 1. The molecule has 3 nitrogen and oxygen atoms in total. The Morgan fingerprint density at radius 1 is 0.963 bits per heavy atom. The monoisotopic (exact) mass is 361 g/mol. The molecule has 138 valence electrons. The molecule has 1 aliphatic heterocycles. The number of hydrogen-bond acceptors (Lipinski definition) is 3. The van der Waals surface area contributed by atoms with Crippen molar-refractivity contribution in [3.63, 3.8) is 0 Å². The zero-order valence-corrected chi connectivity index (χ0v) is 15.4. The summed E-state index contributed by atoms with van der Waals surface area (Å²) in [5.41, 5.74) is 4.29. The van der Waals surface area contributed by atoms with Crippen molar-refractivity contribution in [2.45, 2.75) is 38.3 Å². The van der Waals surface area contributed by atoms with E-state index >= 15 is 0 Å². The number of nitrogens with zero attached hydrogens (tertiary/aromatic N) is 3. The second-order valence-corrected chi connectivity index (χ2v) is 7.19. The molecule has 1 fully saturated rings. The first kappa shape index (κ1) is 17.8. The van der Waals surface area contributed by atoms with E-state index in [0.29, 0.717) is 12.5 Å². The number of aromatic nitrogens is 2. The van der Waals surface area contributed by atoms with Crippen molar-refractivity contribution in [2.24, 2.45) is 0 Å². The van der Waals surface area contributed by atoms with E-state index < -0.39 is 0 Å². The molecule has 3 heterocycles. The summed E-state index contributed by atoms with van der Waals surface area (Å²) in [6.07, 6.45) is 8.13. The maximum absolute atomic E-state index is 13.4. The summed E-state index contributed by atoms with van der Waals surface area (Å²) in [7, 11) is 0. The van der Waals surface area contributed by atoms with Crippen molar-refractivity contribution in [1.29, 1.82) is 0 Å². The zero-order valence-electron chi connectivity index (χ0n) is 15.4. The average molecular weight is 361 g/mol. The summed E-state index contributed by atoms with van der Waals surface area (Å²) in [5, 5.41) is 0. The number of likely N-dealkylation sites (tertiary alicyclic amines) is 1. The van der Waals surface area contributed by atoms with E-state index in [9.17, 15) is 4.39 Å². The van der Waals surface area contributed by atoms with Gasteiger partial charge in [0, 0.05) is 37.1 Å². The van der Waals surface area contributed by atoms with Gasteiger partial charge in [0.25, 0.3) is 0 Å². The van der Waals surface area contributed by atoms with E-state index in [2.05, 4.69) is 33.1 Å². The van der Waals surface area contributed by atoms with Crippen LogP contribution in [0.25, 0.3) is 0 Å². The van der Waals surface area contributed by atoms with Crippen molar-refractivity contribution < 1.29 is 4.39 Å². The predicted molar refractivity (Wildman–Crippen MR) is 105 cm³/mol. The molecular formula is C23H24FN3. The summed E-state index contributed by atoms with van der Waals surface area (Å²) in [6, 6.07) is 17.5. The van der Waals surface area contributed by atoms with Gasteiger partial charge in [0.2, 0.25) is 0 Å². The second-order valence-electron chi connectivity index (χ2n) is 7.19. The number of piperidine rings is 1. The molecule has 0 bridgehead atoms. The molecule has 2 aromatic heterocycles. The van der Waals surface area contributed by atoms with Gasteiger partial charge in [0.1, 0.15) is 5.82 Å². The Morgan fingerprint density at radius 3 is 2.70 bits per heavy atom. The van der Waals surface area contributed by atoms with Crippen molar-refractivity contribution in [3.05, 3.63) is 95.3 Å². The lowest BCUT2D eigenvalue weighted by molar-refractivity contribution is 0.138. The molecule has 4 rings (SSSR count). The van der Waals surface area contributed by atoms with Crippen LogP contribution in [0, 0.1) is 5.82 Å². The third-order valence-corrected chi connectivity index (χ3v) is 5.21.